The Morgan fingerprint density at radius 3 is 1.74 bits per heavy atom. The van der Waals surface area contributed by atoms with Crippen molar-refractivity contribution in [2.75, 3.05) is 4.90 Å². The number of pyridine rings is 1. The number of thiophene rings is 1. The topological polar surface area (TPSA) is 16.1 Å². The molecule has 0 aliphatic heterocycles. The SMILES string of the molecule is c1ccc(-c2ccccc2N(c2ccc(-c3ccc4c5ccccc5c5ccccc5c4c3)cc2)c2ccc3c(c2)sc2ccncc23)cc1. The lowest BCUT2D eigenvalue weighted by Crippen LogP contribution is -2.11. The summed E-state index contributed by atoms with van der Waals surface area (Å²) in [5.74, 6) is 0. The molecular formula is C47H30N2S. The fourth-order valence-corrected chi connectivity index (χ4v) is 8.70. The molecule has 2 heterocycles. The van der Waals surface area contributed by atoms with Gasteiger partial charge < -0.3 is 4.90 Å². The molecular weight excluding hydrogens is 625 g/mol. The minimum Gasteiger partial charge on any atom is -0.310 e. The van der Waals surface area contributed by atoms with Gasteiger partial charge in [-0.2, -0.15) is 0 Å². The summed E-state index contributed by atoms with van der Waals surface area (Å²) in [6.07, 6.45) is 3.86. The van der Waals surface area contributed by atoms with Crippen LogP contribution in [0.3, 0.4) is 0 Å². The average Bonchev–Trinajstić information content (AvgIpc) is 3.57. The molecule has 0 saturated heterocycles. The minimum absolute atomic E-state index is 1.11. The van der Waals surface area contributed by atoms with Crippen LogP contribution < -0.4 is 4.90 Å². The van der Waals surface area contributed by atoms with E-state index < -0.39 is 0 Å². The van der Waals surface area contributed by atoms with Crippen LogP contribution in [-0.4, -0.2) is 4.98 Å². The second-order valence-corrected chi connectivity index (χ2v) is 13.9. The number of aromatic nitrogens is 1. The first-order chi connectivity index (χ1) is 24.8. The van der Waals surface area contributed by atoms with Crippen LogP contribution in [0.1, 0.15) is 0 Å². The average molecular weight is 655 g/mol. The third-order valence-electron chi connectivity index (χ3n) is 9.95. The van der Waals surface area contributed by atoms with Crippen LogP contribution in [0.2, 0.25) is 0 Å². The van der Waals surface area contributed by atoms with E-state index in [-0.39, 0.29) is 0 Å². The largest absolute Gasteiger partial charge is 0.310 e. The molecule has 0 radical (unpaired) electrons. The lowest BCUT2D eigenvalue weighted by Gasteiger charge is -2.28. The molecule has 2 aromatic heterocycles. The summed E-state index contributed by atoms with van der Waals surface area (Å²) >= 11 is 1.82. The van der Waals surface area contributed by atoms with Gasteiger partial charge in [0.25, 0.3) is 0 Å². The fourth-order valence-electron chi connectivity index (χ4n) is 7.60. The normalized spacial score (nSPS) is 11.6. The highest BCUT2D eigenvalue weighted by atomic mass is 32.1. The van der Waals surface area contributed by atoms with Gasteiger partial charge in [0.15, 0.2) is 0 Å². The Morgan fingerprint density at radius 2 is 0.980 bits per heavy atom. The molecule has 0 unspecified atom stereocenters. The zero-order valence-electron chi connectivity index (χ0n) is 27.1. The van der Waals surface area contributed by atoms with Crippen LogP contribution in [0.4, 0.5) is 17.1 Å². The minimum atomic E-state index is 1.11. The maximum Gasteiger partial charge on any atom is 0.0540 e. The zero-order valence-corrected chi connectivity index (χ0v) is 27.9. The van der Waals surface area contributed by atoms with E-state index in [0.717, 1.165) is 17.1 Å². The van der Waals surface area contributed by atoms with Gasteiger partial charge in [-0.15, -0.1) is 11.3 Å². The van der Waals surface area contributed by atoms with E-state index >= 15 is 0 Å². The number of hydrogen-bond acceptors (Lipinski definition) is 3. The van der Waals surface area contributed by atoms with Gasteiger partial charge in [-0.3, -0.25) is 4.98 Å². The predicted octanol–water partition coefficient (Wildman–Crippen LogP) is 13.7. The molecule has 10 rings (SSSR count). The highest BCUT2D eigenvalue weighted by molar-refractivity contribution is 7.25. The Balaban J connectivity index is 1.13. The highest BCUT2D eigenvalue weighted by Crippen LogP contribution is 2.44. The van der Waals surface area contributed by atoms with Gasteiger partial charge in [-0.25, -0.2) is 0 Å². The molecule has 0 saturated carbocycles. The smallest absolute Gasteiger partial charge is 0.0540 e. The maximum atomic E-state index is 4.41. The Hall–Kier alpha value is -6.29. The molecule has 50 heavy (non-hydrogen) atoms. The van der Waals surface area contributed by atoms with Gasteiger partial charge in [0.05, 0.1) is 5.69 Å². The monoisotopic (exact) mass is 654 g/mol. The summed E-state index contributed by atoms with van der Waals surface area (Å²) < 4.78 is 2.50. The first kappa shape index (κ1) is 28.7. The van der Waals surface area contributed by atoms with E-state index in [9.17, 15) is 0 Å². The van der Waals surface area contributed by atoms with E-state index in [2.05, 4.69) is 180 Å². The number of anilines is 3. The lowest BCUT2D eigenvalue weighted by atomic mass is 9.92. The van der Waals surface area contributed by atoms with Crippen molar-refractivity contribution in [1.29, 1.82) is 0 Å². The van der Waals surface area contributed by atoms with Crippen molar-refractivity contribution in [3.8, 4) is 22.3 Å². The third kappa shape index (κ3) is 4.67. The molecule has 0 fully saturated rings. The standard InChI is InChI=1S/C47H30N2S/c1-2-10-32(11-3-1)36-12-8-9-17-45(36)49(35-23-25-42-44-30-48-27-26-46(44)50-47(42)29-35)34-21-18-31(19-22-34)33-20-24-41-39-15-5-4-13-37(39)38-14-6-7-16-40(38)43(41)28-33/h1-30H. The van der Waals surface area contributed by atoms with Crippen LogP contribution in [-0.2, 0) is 0 Å². The second-order valence-electron chi connectivity index (χ2n) is 12.8. The lowest BCUT2D eigenvalue weighted by molar-refractivity contribution is 1.29. The van der Waals surface area contributed by atoms with Gasteiger partial charge in [-0.05, 0) is 91.5 Å². The summed E-state index contributed by atoms with van der Waals surface area (Å²) in [4.78, 5) is 6.80. The molecule has 3 heteroatoms. The molecule has 0 atom stereocenters. The van der Waals surface area contributed by atoms with Crippen LogP contribution >= 0.6 is 11.3 Å². The van der Waals surface area contributed by atoms with Crippen molar-refractivity contribution in [3.05, 3.63) is 182 Å². The zero-order chi connectivity index (χ0) is 33.0. The van der Waals surface area contributed by atoms with Crippen molar-refractivity contribution in [1.82, 2.24) is 4.98 Å². The molecule has 0 bridgehead atoms. The third-order valence-corrected chi connectivity index (χ3v) is 11.1. The van der Waals surface area contributed by atoms with Gasteiger partial charge in [0.2, 0.25) is 0 Å². The number of fused-ring (bicyclic) bond motifs is 9. The van der Waals surface area contributed by atoms with Crippen LogP contribution in [0.15, 0.2) is 182 Å². The highest BCUT2D eigenvalue weighted by Gasteiger charge is 2.19. The van der Waals surface area contributed by atoms with E-state index in [1.807, 2.05) is 23.7 Å². The molecule has 234 valence electrons. The van der Waals surface area contributed by atoms with Gasteiger partial charge in [0.1, 0.15) is 0 Å². The molecule has 0 N–H and O–H groups in total. The molecule has 0 spiro atoms. The number of para-hydroxylation sites is 1. The van der Waals surface area contributed by atoms with E-state index in [1.165, 1.54) is 74.7 Å². The van der Waals surface area contributed by atoms with Crippen LogP contribution in [0.25, 0.3) is 74.7 Å². The molecule has 0 aliphatic rings. The molecule has 8 aromatic carbocycles. The van der Waals surface area contributed by atoms with E-state index in [1.54, 1.807) is 0 Å². The Bertz CT molecular complexity index is 2840. The summed E-state index contributed by atoms with van der Waals surface area (Å²) in [5, 5.41) is 10.2. The van der Waals surface area contributed by atoms with Crippen molar-refractivity contribution in [2.24, 2.45) is 0 Å². The molecule has 0 amide bonds. The first-order valence-corrected chi connectivity index (χ1v) is 17.8. The molecule has 10 aromatic rings. The number of hydrogen-bond donors (Lipinski definition) is 0. The summed E-state index contributed by atoms with van der Waals surface area (Å²) in [6, 6.07) is 61.8. The van der Waals surface area contributed by atoms with Crippen molar-refractivity contribution in [3.63, 3.8) is 0 Å². The molecule has 0 aliphatic carbocycles. The van der Waals surface area contributed by atoms with Crippen molar-refractivity contribution < 1.29 is 0 Å². The van der Waals surface area contributed by atoms with E-state index in [0.29, 0.717) is 0 Å². The number of rotatable bonds is 5. The van der Waals surface area contributed by atoms with Crippen LogP contribution in [0.5, 0.6) is 0 Å². The van der Waals surface area contributed by atoms with E-state index in [4.69, 9.17) is 0 Å². The molecule has 2 nitrogen and oxygen atoms in total. The second kappa shape index (κ2) is 11.7. The van der Waals surface area contributed by atoms with Gasteiger partial charge >= 0.3 is 0 Å². The Morgan fingerprint density at radius 1 is 0.380 bits per heavy atom. The number of nitrogens with zero attached hydrogens (tertiary/aromatic N) is 2. The Kier molecular flexibility index (Phi) is 6.71. The quantitative estimate of drug-likeness (QED) is 0.172. The van der Waals surface area contributed by atoms with Gasteiger partial charge in [0, 0.05) is 49.5 Å². The Labute approximate surface area is 294 Å². The predicted molar refractivity (Wildman–Crippen MR) is 215 cm³/mol. The fraction of sp³-hybridized carbons (Fsp3) is 0. The summed E-state index contributed by atoms with van der Waals surface area (Å²) in [7, 11) is 0. The van der Waals surface area contributed by atoms with Crippen molar-refractivity contribution in [2.45, 2.75) is 0 Å². The summed E-state index contributed by atoms with van der Waals surface area (Å²) in [5.41, 5.74) is 8.14. The first-order valence-electron chi connectivity index (χ1n) is 16.9. The summed E-state index contributed by atoms with van der Waals surface area (Å²) in [6.45, 7) is 0. The number of benzene rings is 8. The van der Waals surface area contributed by atoms with Crippen LogP contribution in [0, 0.1) is 0 Å². The maximum absolute atomic E-state index is 4.41. The van der Waals surface area contributed by atoms with Gasteiger partial charge in [-0.1, -0.05) is 127 Å². The van der Waals surface area contributed by atoms with Crippen molar-refractivity contribution >= 4 is 80.9 Å².